The molecule has 3 aliphatic rings. The molecule has 1 aromatic carbocycles. The van der Waals surface area contributed by atoms with E-state index in [2.05, 4.69) is 5.92 Å². The predicted octanol–water partition coefficient (Wildman–Crippen LogP) is -0.156. The van der Waals surface area contributed by atoms with Gasteiger partial charge in [0.05, 0.1) is 24.3 Å². The molecule has 3 atom stereocenters. The Morgan fingerprint density at radius 1 is 1.10 bits per heavy atom. The molecule has 0 spiro atoms. The van der Waals surface area contributed by atoms with E-state index in [1.54, 1.807) is 39.0 Å². The van der Waals surface area contributed by atoms with Crippen molar-refractivity contribution in [2.75, 3.05) is 32.8 Å². The molecule has 1 aromatic rings. The van der Waals surface area contributed by atoms with Crippen LogP contribution in [0.1, 0.15) is 22.3 Å². The zero-order valence-corrected chi connectivity index (χ0v) is 15.8. The van der Waals surface area contributed by atoms with E-state index in [-0.39, 0.29) is 37.0 Å². The fourth-order valence-corrected chi connectivity index (χ4v) is 4.26. The van der Waals surface area contributed by atoms with E-state index >= 15 is 0 Å². The molecule has 8 heteroatoms. The SMILES string of the molecule is C#CCO[C@@H]1C[C@H]2C(=O)N3CCN(C(=O)c4ccc(C#N)cc4)C[C@H]3C(=O)N2C1. The number of hydrogen-bond donors (Lipinski definition) is 0. The van der Waals surface area contributed by atoms with Gasteiger partial charge < -0.3 is 19.4 Å². The van der Waals surface area contributed by atoms with Crippen LogP contribution in [0.3, 0.4) is 0 Å². The van der Waals surface area contributed by atoms with Crippen molar-refractivity contribution in [3.63, 3.8) is 0 Å². The van der Waals surface area contributed by atoms with Crippen LogP contribution < -0.4 is 0 Å². The molecule has 3 fully saturated rings. The lowest BCUT2D eigenvalue weighted by molar-refractivity contribution is -0.162. The van der Waals surface area contributed by atoms with Gasteiger partial charge in [-0.2, -0.15) is 5.26 Å². The predicted molar refractivity (Wildman–Crippen MR) is 101 cm³/mol. The van der Waals surface area contributed by atoms with Crippen molar-refractivity contribution in [1.82, 2.24) is 14.7 Å². The van der Waals surface area contributed by atoms with Gasteiger partial charge in [-0.05, 0) is 24.3 Å². The first kappa shape index (κ1) is 19.0. The molecule has 148 valence electrons. The standard InChI is InChI=1S/C21H20N4O4/c1-2-9-29-16-10-17-20(27)24-8-7-23(13-18(24)21(28)25(17)12-16)19(26)15-5-3-14(11-22)4-6-15/h1,3-6,16-18H,7-10,12-13H2/t16-,17+,18+/m1/s1. The summed E-state index contributed by atoms with van der Waals surface area (Å²) in [6, 6.07) is 7.21. The van der Waals surface area contributed by atoms with Crippen LogP contribution in [0, 0.1) is 23.7 Å². The van der Waals surface area contributed by atoms with Crippen LogP contribution in [-0.2, 0) is 14.3 Å². The number of terminal acetylenes is 1. The summed E-state index contributed by atoms with van der Waals surface area (Å²) in [5.74, 6) is 1.95. The number of benzene rings is 1. The van der Waals surface area contributed by atoms with Crippen LogP contribution in [0.5, 0.6) is 0 Å². The van der Waals surface area contributed by atoms with Gasteiger partial charge in [0.1, 0.15) is 18.7 Å². The number of hydrogen-bond acceptors (Lipinski definition) is 5. The second-order valence-corrected chi connectivity index (χ2v) is 7.37. The number of ether oxygens (including phenoxy) is 1. The van der Waals surface area contributed by atoms with Crippen molar-refractivity contribution in [1.29, 1.82) is 5.26 Å². The Kier molecular flexibility index (Phi) is 4.96. The zero-order valence-electron chi connectivity index (χ0n) is 15.8. The lowest BCUT2D eigenvalue weighted by atomic mass is 10.0. The maximum Gasteiger partial charge on any atom is 0.253 e. The van der Waals surface area contributed by atoms with Gasteiger partial charge in [0.25, 0.3) is 5.91 Å². The molecular weight excluding hydrogens is 372 g/mol. The highest BCUT2D eigenvalue weighted by Gasteiger charge is 2.52. The molecule has 3 heterocycles. The largest absolute Gasteiger partial charge is 0.364 e. The van der Waals surface area contributed by atoms with E-state index in [0.29, 0.717) is 37.2 Å². The molecule has 3 saturated heterocycles. The Bertz CT molecular complexity index is 929. The van der Waals surface area contributed by atoms with E-state index in [0.717, 1.165) is 0 Å². The van der Waals surface area contributed by atoms with Crippen LogP contribution in [0.15, 0.2) is 24.3 Å². The molecule has 0 unspecified atom stereocenters. The Hall–Kier alpha value is -3.36. The topological polar surface area (TPSA) is 94.0 Å². The van der Waals surface area contributed by atoms with Gasteiger partial charge in [-0.15, -0.1) is 6.42 Å². The smallest absolute Gasteiger partial charge is 0.253 e. The molecule has 0 bridgehead atoms. The number of piperazine rings is 2. The van der Waals surface area contributed by atoms with Crippen LogP contribution in [0.4, 0.5) is 0 Å². The molecule has 29 heavy (non-hydrogen) atoms. The highest BCUT2D eigenvalue weighted by molar-refractivity contribution is 5.99. The Morgan fingerprint density at radius 3 is 2.52 bits per heavy atom. The van der Waals surface area contributed by atoms with Gasteiger partial charge in [-0.3, -0.25) is 14.4 Å². The monoisotopic (exact) mass is 392 g/mol. The number of carbonyl (C=O) groups is 3. The van der Waals surface area contributed by atoms with E-state index in [1.165, 1.54) is 0 Å². The quantitative estimate of drug-likeness (QED) is 0.667. The van der Waals surface area contributed by atoms with Crippen molar-refractivity contribution in [3.8, 4) is 18.4 Å². The number of nitrogens with zero attached hydrogens (tertiary/aromatic N) is 4. The lowest BCUT2D eigenvalue weighted by Crippen LogP contribution is -2.69. The van der Waals surface area contributed by atoms with Gasteiger partial charge in [0.2, 0.25) is 11.8 Å². The summed E-state index contributed by atoms with van der Waals surface area (Å²) in [6.45, 7) is 1.32. The first-order valence-electron chi connectivity index (χ1n) is 9.49. The van der Waals surface area contributed by atoms with Crippen LogP contribution in [0.25, 0.3) is 0 Å². The fraction of sp³-hybridized carbons (Fsp3) is 0.429. The summed E-state index contributed by atoms with van der Waals surface area (Å²) in [7, 11) is 0. The third-order valence-corrected chi connectivity index (χ3v) is 5.73. The summed E-state index contributed by atoms with van der Waals surface area (Å²) in [4.78, 5) is 43.6. The zero-order chi connectivity index (χ0) is 20.5. The van der Waals surface area contributed by atoms with Crippen molar-refractivity contribution >= 4 is 17.7 Å². The van der Waals surface area contributed by atoms with Crippen molar-refractivity contribution in [2.45, 2.75) is 24.6 Å². The van der Waals surface area contributed by atoms with Crippen molar-refractivity contribution in [3.05, 3.63) is 35.4 Å². The van der Waals surface area contributed by atoms with Crippen LogP contribution in [0.2, 0.25) is 0 Å². The third-order valence-electron chi connectivity index (χ3n) is 5.73. The third kappa shape index (κ3) is 3.32. The summed E-state index contributed by atoms with van der Waals surface area (Å²) < 4.78 is 5.54. The summed E-state index contributed by atoms with van der Waals surface area (Å²) in [5, 5.41) is 8.90. The summed E-state index contributed by atoms with van der Waals surface area (Å²) in [5.41, 5.74) is 0.926. The Morgan fingerprint density at radius 2 is 1.83 bits per heavy atom. The maximum atomic E-state index is 13.1. The maximum absolute atomic E-state index is 13.1. The van der Waals surface area contributed by atoms with Gasteiger partial charge >= 0.3 is 0 Å². The number of rotatable bonds is 3. The molecule has 3 amide bonds. The molecule has 0 saturated carbocycles. The second-order valence-electron chi connectivity index (χ2n) is 7.37. The minimum atomic E-state index is -0.679. The number of carbonyl (C=O) groups excluding carboxylic acids is 3. The van der Waals surface area contributed by atoms with Crippen LogP contribution >= 0.6 is 0 Å². The molecule has 0 N–H and O–H groups in total. The number of amides is 3. The first-order valence-corrected chi connectivity index (χ1v) is 9.49. The molecule has 0 radical (unpaired) electrons. The van der Waals surface area contributed by atoms with Crippen molar-refractivity contribution < 1.29 is 19.1 Å². The summed E-state index contributed by atoms with van der Waals surface area (Å²) in [6.07, 6.45) is 5.43. The average molecular weight is 392 g/mol. The molecular formula is C21H20N4O4. The van der Waals surface area contributed by atoms with Gasteiger partial charge in [0.15, 0.2) is 0 Å². The molecule has 4 rings (SSSR count). The molecule has 8 nitrogen and oxygen atoms in total. The van der Waals surface area contributed by atoms with Gasteiger partial charge in [-0.25, -0.2) is 0 Å². The lowest BCUT2D eigenvalue weighted by Gasteiger charge is -2.47. The molecule has 3 aliphatic heterocycles. The van der Waals surface area contributed by atoms with Crippen LogP contribution in [-0.4, -0.2) is 83.4 Å². The van der Waals surface area contributed by atoms with Crippen molar-refractivity contribution in [2.24, 2.45) is 0 Å². The Labute approximate surface area is 168 Å². The summed E-state index contributed by atoms with van der Waals surface area (Å²) >= 11 is 0. The number of nitriles is 1. The highest BCUT2D eigenvalue weighted by atomic mass is 16.5. The second kappa shape index (κ2) is 7.57. The number of fused-ring (bicyclic) bond motifs is 2. The molecule has 0 aromatic heterocycles. The van der Waals surface area contributed by atoms with E-state index in [4.69, 9.17) is 16.4 Å². The highest BCUT2D eigenvalue weighted by Crippen LogP contribution is 2.30. The average Bonchev–Trinajstić information content (AvgIpc) is 3.20. The normalized spacial score (nSPS) is 25.9. The van der Waals surface area contributed by atoms with Gasteiger partial charge in [-0.1, -0.05) is 5.92 Å². The Balaban J connectivity index is 1.48. The first-order chi connectivity index (χ1) is 14.0. The fourth-order valence-electron chi connectivity index (χ4n) is 4.26. The van der Waals surface area contributed by atoms with E-state index < -0.39 is 12.1 Å². The van der Waals surface area contributed by atoms with Gasteiger partial charge in [0, 0.05) is 31.6 Å². The minimum absolute atomic E-state index is 0.0909. The minimum Gasteiger partial charge on any atom is -0.364 e. The molecule has 0 aliphatic carbocycles. The van der Waals surface area contributed by atoms with E-state index in [1.807, 2.05) is 6.07 Å². The van der Waals surface area contributed by atoms with E-state index in [9.17, 15) is 14.4 Å².